The first kappa shape index (κ1) is 14.5. The van der Waals surface area contributed by atoms with Gasteiger partial charge in [0.05, 0.1) is 6.20 Å². The Morgan fingerprint density at radius 2 is 1.95 bits per heavy atom. The molecule has 2 heterocycles. The normalized spacial score (nSPS) is 21.0. The maximum Gasteiger partial charge on any atom is 0.224 e. The molecular weight excluding hydrogens is 267 g/mol. The number of aromatic nitrogens is 2. The van der Waals surface area contributed by atoms with Crippen LogP contribution >= 0.6 is 0 Å². The standard InChI is InChI=1S/C16H25FN4/c1-2-9-18-15-19-12-13(17)14(20-15)21-10-7-16(8-11-21)5-3-4-6-16/h12H,2-11H2,1H3,(H,18,19,20). The van der Waals surface area contributed by atoms with Crippen molar-refractivity contribution in [2.24, 2.45) is 5.41 Å². The zero-order valence-corrected chi connectivity index (χ0v) is 12.9. The molecule has 0 unspecified atom stereocenters. The fraction of sp³-hybridized carbons (Fsp3) is 0.750. The lowest BCUT2D eigenvalue weighted by atomic mass is 9.77. The van der Waals surface area contributed by atoms with Crippen LogP contribution in [0, 0.1) is 11.2 Å². The van der Waals surface area contributed by atoms with Crippen molar-refractivity contribution >= 4 is 11.8 Å². The summed E-state index contributed by atoms with van der Waals surface area (Å²) in [5.74, 6) is 0.699. The Kier molecular flexibility index (Phi) is 4.27. The van der Waals surface area contributed by atoms with Gasteiger partial charge in [0.1, 0.15) is 0 Å². The molecule has 0 bridgehead atoms. The molecule has 0 aromatic carbocycles. The van der Waals surface area contributed by atoms with Crippen molar-refractivity contribution in [2.45, 2.75) is 51.9 Å². The third kappa shape index (κ3) is 3.11. The second-order valence-corrected chi connectivity index (χ2v) is 6.49. The van der Waals surface area contributed by atoms with E-state index >= 15 is 0 Å². The van der Waals surface area contributed by atoms with Crippen molar-refractivity contribution in [3.8, 4) is 0 Å². The second-order valence-electron chi connectivity index (χ2n) is 6.49. The van der Waals surface area contributed by atoms with Gasteiger partial charge in [0.25, 0.3) is 0 Å². The van der Waals surface area contributed by atoms with Crippen molar-refractivity contribution in [1.29, 1.82) is 0 Å². The topological polar surface area (TPSA) is 41.1 Å². The molecule has 1 aromatic heterocycles. The zero-order valence-electron chi connectivity index (χ0n) is 12.9. The van der Waals surface area contributed by atoms with Gasteiger partial charge in [-0.1, -0.05) is 19.8 Å². The van der Waals surface area contributed by atoms with E-state index in [4.69, 9.17) is 0 Å². The van der Waals surface area contributed by atoms with Crippen molar-refractivity contribution in [1.82, 2.24) is 9.97 Å². The number of nitrogens with one attached hydrogen (secondary N) is 1. The molecule has 1 saturated carbocycles. The maximum atomic E-state index is 14.1. The highest BCUT2D eigenvalue weighted by molar-refractivity contribution is 5.44. The summed E-state index contributed by atoms with van der Waals surface area (Å²) in [6.45, 7) is 4.74. The molecule has 5 heteroatoms. The molecule has 2 fully saturated rings. The monoisotopic (exact) mass is 292 g/mol. The van der Waals surface area contributed by atoms with Gasteiger partial charge in [0.15, 0.2) is 11.6 Å². The lowest BCUT2D eigenvalue weighted by molar-refractivity contribution is 0.225. The van der Waals surface area contributed by atoms with E-state index in [2.05, 4.69) is 27.1 Å². The summed E-state index contributed by atoms with van der Waals surface area (Å²) in [5.41, 5.74) is 0.545. The summed E-state index contributed by atoms with van der Waals surface area (Å²) < 4.78 is 14.1. The van der Waals surface area contributed by atoms with E-state index in [1.165, 1.54) is 44.7 Å². The van der Waals surface area contributed by atoms with Gasteiger partial charge in [-0.25, -0.2) is 9.37 Å². The molecule has 1 aliphatic carbocycles. The third-order valence-electron chi connectivity index (χ3n) is 5.05. The minimum absolute atomic E-state index is 0.306. The highest BCUT2D eigenvalue weighted by atomic mass is 19.1. The van der Waals surface area contributed by atoms with Gasteiger partial charge in [-0.3, -0.25) is 0 Å². The average molecular weight is 292 g/mol. The van der Waals surface area contributed by atoms with E-state index in [0.717, 1.165) is 26.1 Å². The van der Waals surface area contributed by atoms with Crippen LogP contribution in [0.3, 0.4) is 0 Å². The highest BCUT2D eigenvalue weighted by Crippen LogP contribution is 2.46. The Labute approximate surface area is 126 Å². The largest absolute Gasteiger partial charge is 0.354 e. The highest BCUT2D eigenvalue weighted by Gasteiger charge is 2.37. The van der Waals surface area contributed by atoms with Gasteiger partial charge in [0, 0.05) is 19.6 Å². The van der Waals surface area contributed by atoms with Crippen LogP contribution < -0.4 is 10.2 Å². The van der Waals surface area contributed by atoms with Crippen LogP contribution in [0.5, 0.6) is 0 Å². The van der Waals surface area contributed by atoms with E-state index in [-0.39, 0.29) is 5.82 Å². The van der Waals surface area contributed by atoms with Crippen LogP contribution in [0.1, 0.15) is 51.9 Å². The molecule has 0 radical (unpaired) electrons. The maximum absolute atomic E-state index is 14.1. The summed E-state index contributed by atoms with van der Waals surface area (Å²) in [5, 5.41) is 3.13. The van der Waals surface area contributed by atoms with Gasteiger partial charge in [0.2, 0.25) is 5.95 Å². The summed E-state index contributed by atoms with van der Waals surface area (Å²) >= 11 is 0. The molecule has 3 rings (SSSR count). The molecular formula is C16H25FN4. The molecule has 116 valence electrons. The lowest BCUT2D eigenvalue weighted by Crippen LogP contribution is -2.39. The fourth-order valence-electron chi connectivity index (χ4n) is 3.72. The Balaban J connectivity index is 1.69. The first-order chi connectivity index (χ1) is 10.2. The number of halogens is 1. The fourth-order valence-corrected chi connectivity index (χ4v) is 3.72. The number of piperidine rings is 1. The minimum Gasteiger partial charge on any atom is -0.354 e. The van der Waals surface area contributed by atoms with Crippen molar-refractivity contribution in [3.05, 3.63) is 12.0 Å². The summed E-state index contributed by atoms with van der Waals surface area (Å²) in [7, 11) is 0. The van der Waals surface area contributed by atoms with Gasteiger partial charge >= 0.3 is 0 Å². The smallest absolute Gasteiger partial charge is 0.224 e. The quantitative estimate of drug-likeness (QED) is 0.920. The molecule has 21 heavy (non-hydrogen) atoms. The predicted octanol–water partition coefficient (Wildman–Crippen LogP) is 3.60. The van der Waals surface area contributed by atoms with E-state index in [9.17, 15) is 4.39 Å². The Morgan fingerprint density at radius 1 is 1.24 bits per heavy atom. The molecule has 1 N–H and O–H groups in total. The van der Waals surface area contributed by atoms with Gasteiger partial charge in [-0.05, 0) is 37.5 Å². The van der Waals surface area contributed by atoms with Gasteiger partial charge in [-0.15, -0.1) is 0 Å². The Hall–Kier alpha value is -1.39. The average Bonchev–Trinajstić information content (AvgIpc) is 2.96. The number of nitrogens with zero attached hydrogens (tertiary/aromatic N) is 3. The summed E-state index contributed by atoms with van der Waals surface area (Å²) in [6, 6.07) is 0. The number of rotatable bonds is 4. The Morgan fingerprint density at radius 3 is 2.62 bits per heavy atom. The Bertz CT molecular complexity index is 475. The third-order valence-corrected chi connectivity index (χ3v) is 5.05. The van der Waals surface area contributed by atoms with Crippen LogP contribution in [0.4, 0.5) is 16.2 Å². The summed E-state index contributed by atoms with van der Waals surface area (Å²) in [4.78, 5) is 10.5. The first-order valence-corrected chi connectivity index (χ1v) is 8.24. The van der Waals surface area contributed by atoms with E-state index in [1.807, 2.05) is 0 Å². The molecule has 1 aliphatic heterocycles. The molecule has 1 saturated heterocycles. The summed E-state index contributed by atoms with van der Waals surface area (Å²) in [6.07, 6.45) is 10.1. The molecule has 4 nitrogen and oxygen atoms in total. The number of anilines is 2. The number of hydrogen-bond acceptors (Lipinski definition) is 4. The molecule has 1 spiro atoms. The van der Waals surface area contributed by atoms with Gasteiger partial charge in [-0.2, -0.15) is 4.98 Å². The number of hydrogen-bond donors (Lipinski definition) is 1. The van der Waals surface area contributed by atoms with Crippen LogP contribution in [0.2, 0.25) is 0 Å². The molecule has 0 atom stereocenters. The van der Waals surface area contributed by atoms with Crippen LogP contribution in [-0.2, 0) is 0 Å². The SMILES string of the molecule is CCCNc1ncc(F)c(N2CCC3(CCCC3)CC2)n1. The molecule has 1 aromatic rings. The first-order valence-electron chi connectivity index (χ1n) is 8.24. The van der Waals surface area contributed by atoms with E-state index < -0.39 is 0 Å². The van der Waals surface area contributed by atoms with Crippen LogP contribution in [0.15, 0.2) is 6.20 Å². The minimum atomic E-state index is -0.306. The van der Waals surface area contributed by atoms with Crippen LogP contribution in [0.25, 0.3) is 0 Å². The lowest BCUT2D eigenvalue weighted by Gasteiger charge is -2.40. The van der Waals surface area contributed by atoms with Crippen molar-refractivity contribution in [2.75, 3.05) is 29.9 Å². The molecule has 0 amide bonds. The zero-order chi connectivity index (χ0) is 14.7. The van der Waals surface area contributed by atoms with Crippen molar-refractivity contribution in [3.63, 3.8) is 0 Å². The van der Waals surface area contributed by atoms with Gasteiger partial charge < -0.3 is 10.2 Å². The second kappa shape index (κ2) is 6.16. The molecule has 2 aliphatic rings. The van der Waals surface area contributed by atoms with Crippen LogP contribution in [-0.4, -0.2) is 29.6 Å². The van der Waals surface area contributed by atoms with Crippen molar-refractivity contribution < 1.29 is 4.39 Å². The predicted molar refractivity (Wildman–Crippen MR) is 83.1 cm³/mol. The van der Waals surface area contributed by atoms with E-state index in [0.29, 0.717) is 17.2 Å². The van der Waals surface area contributed by atoms with E-state index in [1.54, 1.807) is 0 Å².